The van der Waals surface area contributed by atoms with E-state index < -0.39 is 4.92 Å². The molecule has 0 radical (unpaired) electrons. The van der Waals surface area contributed by atoms with Crippen molar-refractivity contribution in [1.29, 1.82) is 0 Å². The molecule has 0 amide bonds. The van der Waals surface area contributed by atoms with Gasteiger partial charge in [0.25, 0.3) is 0 Å². The van der Waals surface area contributed by atoms with Crippen molar-refractivity contribution in [2.24, 2.45) is 0 Å². The van der Waals surface area contributed by atoms with Crippen LogP contribution in [0.25, 0.3) is 0 Å². The Balaban J connectivity index is 2.85. The zero-order valence-corrected chi connectivity index (χ0v) is 12.1. The van der Waals surface area contributed by atoms with E-state index in [9.17, 15) is 10.1 Å². The molecule has 0 aromatic heterocycles. The molecule has 2 N–H and O–H groups in total. The topological polar surface area (TPSA) is 84.6 Å². The maximum Gasteiger partial charge on any atom is 0.311 e. The van der Waals surface area contributed by atoms with E-state index in [0.717, 1.165) is 18.5 Å². The van der Waals surface area contributed by atoms with E-state index >= 15 is 0 Å². The molecular formula is C14H22N2O4. The number of ether oxygens (including phenoxy) is 1. The molecule has 0 aliphatic rings. The molecule has 0 saturated carbocycles. The van der Waals surface area contributed by atoms with Crippen LogP contribution in [0.3, 0.4) is 0 Å². The van der Waals surface area contributed by atoms with Crippen molar-refractivity contribution in [2.45, 2.75) is 45.8 Å². The molecular weight excluding hydrogens is 260 g/mol. The fourth-order valence-corrected chi connectivity index (χ4v) is 1.86. The highest BCUT2D eigenvalue weighted by Gasteiger charge is 2.17. The third kappa shape index (κ3) is 5.05. The zero-order chi connectivity index (χ0) is 15.1. The summed E-state index contributed by atoms with van der Waals surface area (Å²) in [5, 5.41) is 23.0. The van der Waals surface area contributed by atoms with E-state index in [2.05, 4.69) is 5.32 Å². The number of anilines is 1. The van der Waals surface area contributed by atoms with Gasteiger partial charge in [-0.25, -0.2) is 0 Å². The summed E-state index contributed by atoms with van der Waals surface area (Å²) in [6.45, 7) is 5.81. The van der Waals surface area contributed by atoms with Crippen LogP contribution in [0, 0.1) is 10.1 Å². The fraction of sp³-hybridized carbons (Fsp3) is 0.571. The first-order valence-electron chi connectivity index (χ1n) is 6.76. The number of benzene rings is 1. The number of aliphatic hydroxyl groups is 1. The Morgan fingerprint density at radius 2 is 2.10 bits per heavy atom. The first-order valence-corrected chi connectivity index (χ1v) is 6.76. The summed E-state index contributed by atoms with van der Waals surface area (Å²) in [6.07, 6.45) is 1.42. The van der Waals surface area contributed by atoms with Gasteiger partial charge in [0.05, 0.1) is 11.0 Å². The van der Waals surface area contributed by atoms with Crippen LogP contribution in [0.1, 0.15) is 33.6 Å². The van der Waals surface area contributed by atoms with Gasteiger partial charge in [-0.05, 0) is 39.7 Å². The van der Waals surface area contributed by atoms with E-state index in [0.29, 0.717) is 0 Å². The Morgan fingerprint density at radius 3 is 2.65 bits per heavy atom. The number of nitrogens with one attached hydrogen (secondary N) is 1. The van der Waals surface area contributed by atoms with E-state index in [1.165, 1.54) is 6.07 Å². The third-order valence-corrected chi connectivity index (χ3v) is 2.73. The first-order chi connectivity index (χ1) is 9.43. The molecule has 1 unspecified atom stereocenters. The van der Waals surface area contributed by atoms with Gasteiger partial charge in [-0.1, -0.05) is 0 Å². The number of hydrogen-bond donors (Lipinski definition) is 2. The largest absolute Gasteiger partial charge is 0.484 e. The Labute approximate surface area is 118 Å². The van der Waals surface area contributed by atoms with Crippen molar-refractivity contribution in [3.8, 4) is 5.75 Å². The average molecular weight is 282 g/mol. The molecule has 0 spiro atoms. The van der Waals surface area contributed by atoms with Crippen molar-refractivity contribution < 1.29 is 14.8 Å². The third-order valence-electron chi connectivity index (χ3n) is 2.73. The van der Waals surface area contributed by atoms with Gasteiger partial charge in [0.15, 0.2) is 5.75 Å². The summed E-state index contributed by atoms with van der Waals surface area (Å²) in [7, 11) is 0. The molecule has 0 bridgehead atoms. The van der Waals surface area contributed by atoms with E-state index in [1.807, 2.05) is 20.8 Å². The number of nitro groups is 1. The highest BCUT2D eigenvalue weighted by atomic mass is 16.6. The van der Waals surface area contributed by atoms with Crippen molar-refractivity contribution in [3.05, 3.63) is 28.3 Å². The van der Waals surface area contributed by atoms with Gasteiger partial charge in [0.1, 0.15) is 0 Å². The quantitative estimate of drug-likeness (QED) is 0.565. The molecule has 0 heterocycles. The van der Waals surface area contributed by atoms with Crippen molar-refractivity contribution in [3.63, 3.8) is 0 Å². The molecule has 1 rings (SSSR count). The predicted molar refractivity (Wildman–Crippen MR) is 78.3 cm³/mol. The molecule has 0 fully saturated rings. The minimum absolute atomic E-state index is 0.0349. The van der Waals surface area contributed by atoms with Crippen LogP contribution in [-0.2, 0) is 0 Å². The Hall–Kier alpha value is -1.82. The summed E-state index contributed by atoms with van der Waals surface area (Å²) >= 11 is 0. The minimum atomic E-state index is -0.448. The normalized spacial score (nSPS) is 12.2. The zero-order valence-electron chi connectivity index (χ0n) is 12.1. The lowest BCUT2D eigenvalue weighted by Gasteiger charge is -2.16. The Morgan fingerprint density at radius 1 is 1.40 bits per heavy atom. The maximum absolute atomic E-state index is 11.0. The summed E-state index contributed by atoms with van der Waals surface area (Å²) < 4.78 is 5.49. The number of aliphatic hydroxyl groups excluding tert-OH is 1. The minimum Gasteiger partial charge on any atom is -0.484 e. The predicted octanol–water partition coefficient (Wildman–Crippen LogP) is 2.95. The first kappa shape index (κ1) is 16.2. The lowest BCUT2D eigenvalue weighted by Crippen LogP contribution is -2.16. The van der Waals surface area contributed by atoms with Gasteiger partial charge < -0.3 is 15.2 Å². The fourth-order valence-electron chi connectivity index (χ4n) is 1.86. The van der Waals surface area contributed by atoms with Gasteiger partial charge in [-0.2, -0.15) is 0 Å². The van der Waals surface area contributed by atoms with Gasteiger partial charge in [0.2, 0.25) is 0 Å². The van der Waals surface area contributed by atoms with Crippen LogP contribution < -0.4 is 10.1 Å². The molecule has 0 saturated heterocycles. The molecule has 1 atom stereocenters. The summed E-state index contributed by atoms with van der Waals surface area (Å²) in [5.74, 6) is 0.268. The molecule has 0 aliphatic carbocycles. The highest BCUT2D eigenvalue weighted by Crippen LogP contribution is 2.31. The maximum atomic E-state index is 11.0. The Kier molecular flexibility index (Phi) is 6.24. The highest BCUT2D eigenvalue weighted by molar-refractivity contribution is 5.58. The molecule has 1 aromatic carbocycles. The molecule has 6 heteroatoms. The Bertz CT molecular complexity index is 449. The lowest BCUT2D eigenvalue weighted by atomic mass is 10.1. The van der Waals surface area contributed by atoms with Crippen LogP contribution in [-0.4, -0.2) is 28.8 Å². The van der Waals surface area contributed by atoms with Crippen LogP contribution in [0.5, 0.6) is 5.75 Å². The smallest absolute Gasteiger partial charge is 0.311 e. The lowest BCUT2D eigenvalue weighted by molar-refractivity contribution is -0.386. The summed E-state index contributed by atoms with van der Waals surface area (Å²) in [6, 6.07) is 4.93. The second-order valence-corrected chi connectivity index (χ2v) is 5.02. The number of nitrogens with zero attached hydrogens (tertiary/aromatic N) is 1. The van der Waals surface area contributed by atoms with E-state index in [-0.39, 0.29) is 30.2 Å². The molecule has 6 nitrogen and oxygen atoms in total. The van der Waals surface area contributed by atoms with Crippen molar-refractivity contribution in [1.82, 2.24) is 0 Å². The van der Waals surface area contributed by atoms with Crippen LogP contribution in [0.15, 0.2) is 18.2 Å². The van der Waals surface area contributed by atoms with Crippen LogP contribution in [0.2, 0.25) is 0 Å². The number of nitro benzene ring substituents is 1. The van der Waals surface area contributed by atoms with E-state index in [1.54, 1.807) is 12.1 Å². The van der Waals surface area contributed by atoms with Crippen molar-refractivity contribution in [2.75, 3.05) is 11.9 Å². The SMILES string of the molecule is CC(CCCO)Nc1ccc([N+](=O)[O-])c(OC(C)C)c1. The van der Waals surface area contributed by atoms with Crippen molar-refractivity contribution >= 4 is 11.4 Å². The second kappa shape index (κ2) is 7.69. The summed E-state index contributed by atoms with van der Waals surface area (Å²) in [4.78, 5) is 10.5. The molecule has 112 valence electrons. The van der Waals surface area contributed by atoms with Gasteiger partial charge >= 0.3 is 5.69 Å². The average Bonchev–Trinajstić information content (AvgIpc) is 2.35. The number of hydrogen-bond acceptors (Lipinski definition) is 5. The van der Waals surface area contributed by atoms with Gasteiger partial charge in [-0.15, -0.1) is 0 Å². The van der Waals surface area contributed by atoms with Gasteiger partial charge in [0, 0.05) is 30.5 Å². The monoisotopic (exact) mass is 282 g/mol. The second-order valence-electron chi connectivity index (χ2n) is 5.02. The van der Waals surface area contributed by atoms with Crippen LogP contribution >= 0.6 is 0 Å². The molecule has 0 aliphatic heterocycles. The van der Waals surface area contributed by atoms with E-state index in [4.69, 9.17) is 9.84 Å². The summed E-state index contributed by atoms with van der Waals surface area (Å²) in [5.41, 5.74) is 0.740. The number of rotatable bonds is 8. The molecule has 1 aromatic rings. The molecule has 20 heavy (non-hydrogen) atoms. The standard InChI is InChI=1S/C14H22N2O4/c1-10(2)20-14-9-12(6-7-13(14)16(18)19)15-11(3)5-4-8-17/h6-7,9-11,15,17H,4-5,8H2,1-3H3. The van der Waals surface area contributed by atoms with Crippen LogP contribution in [0.4, 0.5) is 11.4 Å². The van der Waals surface area contributed by atoms with Gasteiger partial charge in [-0.3, -0.25) is 10.1 Å².